The number of carbonyl (C=O) groups is 3. The fraction of sp³-hybridized carbons (Fsp3) is 0.348. The van der Waals surface area contributed by atoms with Gasteiger partial charge in [-0.2, -0.15) is 5.10 Å². The van der Waals surface area contributed by atoms with Gasteiger partial charge in [0.1, 0.15) is 23.4 Å². The van der Waals surface area contributed by atoms with Crippen molar-refractivity contribution in [3.63, 3.8) is 0 Å². The van der Waals surface area contributed by atoms with Crippen molar-refractivity contribution >= 4 is 56.7 Å². The number of aromatic nitrogens is 3. The third kappa shape index (κ3) is 9.08. The number of ether oxygens (including phenoxy) is 2. The third-order valence-electron chi connectivity index (χ3n) is 11.9. The van der Waals surface area contributed by atoms with Gasteiger partial charge in [-0.05, 0) is 104 Å². The first-order chi connectivity index (χ1) is 29.7. The molecule has 316 valence electrons. The maximum Gasteiger partial charge on any atom is 0.258 e. The Morgan fingerprint density at radius 2 is 1.70 bits per heavy atom. The van der Waals surface area contributed by atoms with Crippen LogP contribution in [0.4, 0.5) is 26.0 Å². The summed E-state index contributed by atoms with van der Waals surface area (Å²) in [5, 5.41) is 18.1. The van der Waals surface area contributed by atoms with Gasteiger partial charge in [-0.15, -0.1) is 0 Å². The van der Waals surface area contributed by atoms with Crippen molar-refractivity contribution in [1.29, 1.82) is 0 Å². The van der Waals surface area contributed by atoms with Crippen molar-refractivity contribution in [2.24, 2.45) is 0 Å². The molecule has 3 fully saturated rings. The van der Waals surface area contributed by atoms with Gasteiger partial charge >= 0.3 is 0 Å². The van der Waals surface area contributed by atoms with E-state index in [1.807, 2.05) is 65.4 Å². The van der Waals surface area contributed by atoms with Gasteiger partial charge in [-0.25, -0.2) is 8.78 Å². The van der Waals surface area contributed by atoms with Crippen LogP contribution in [-0.4, -0.2) is 96.0 Å². The first-order valence-corrected chi connectivity index (χ1v) is 21.0. The number of piperidine rings is 1. The van der Waals surface area contributed by atoms with Crippen LogP contribution in [0.3, 0.4) is 0 Å². The topological polar surface area (TPSA) is 146 Å². The Balaban J connectivity index is 0.822. The fourth-order valence-electron chi connectivity index (χ4n) is 8.70. The molecule has 9 rings (SSSR count). The average Bonchev–Trinajstić information content (AvgIpc) is 3.87. The molecule has 3 saturated heterocycles. The van der Waals surface area contributed by atoms with Crippen molar-refractivity contribution < 1.29 is 32.6 Å². The van der Waals surface area contributed by atoms with E-state index >= 15 is 0 Å². The van der Waals surface area contributed by atoms with Crippen LogP contribution < -0.4 is 25.6 Å². The van der Waals surface area contributed by atoms with Crippen molar-refractivity contribution in [3.05, 3.63) is 113 Å². The highest BCUT2D eigenvalue weighted by Crippen LogP contribution is 2.32. The first-order valence-electron chi connectivity index (χ1n) is 21.0. The molecule has 4 N–H and O–H groups in total. The van der Waals surface area contributed by atoms with E-state index in [-0.39, 0.29) is 23.8 Å². The number of H-pyrrole nitrogens is 1. The molecule has 3 aliphatic heterocycles. The predicted molar refractivity (Wildman–Crippen MR) is 229 cm³/mol. The van der Waals surface area contributed by atoms with E-state index < -0.39 is 17.7 Å². The lowest BCUT2D eigenvalue weighted by atomic mass is 10.0. The second kappa shape index (κ2) is 17.7. The highest BCUT2D eigenvalue weighted by Gasteiger charge is 2.29. The molecule has 1 unspecified atom stereocenters. The minimum atomic E-state index is -0.627. The maximum atomic E-state index is 14.0. The quantitative estimate of drug-likeness (QED) is 0.0730. The number of amides is 3. The first kappa shape index (κ1) is 40.1. The number of carbonyl (C=O) groups excluding carboxylic acids is 3. The number of nitrogens with zero attached hydrogens (tertiary/aromatic N) is 4. The number of fused-ring (bicyclic) bond motifs is 2. The van der Waals surface area contributed by atoms with Crippen LogP contribution in [0.5, 0.6) is 5.75 Å². The molecule has 3 amide bonds. The lowest BCUT2D eigenvalue weighted by molar-refractivity contribution is -0.135. The third-order valence-corrected chi connectivity index (χ3v) is 11.9. The molecule has 4 aromatic carbocycles. The highest BCUT2D eigenvalue weighted by atomic mass is 19.1. The van der Waals surface area contributed by atoms with Gasteiger partial charge < -0.3 is 29.6 Å². The maximum absolute atomic E-state index is 14.0. The number of anilines is 3. The summed E-state index contributed by atoms with van der Waals surface area (Å²) in [6.07, 6.45) is 5.53. The summed E-state index contributed by atoms with van der Waals surface area (Å²) in [5.41, 5.74) is 5.25. The summed E-state index contributed by atoms with van der Waals surface area (Å²) < 4.78 is 41.5. The van der Waals surface area contributed by atoms with E-state index in [0.29, 0.717) is 61.4 Å². The van der Waals surface area contributed by atoms with Crippen LogP contribution in [0.25, 0.3) is 21.8 Å². The van der Waals surface area contributed by atoms with E-state index in [1.54, 1.807) is 0 Å². The van der Waals surface area contributed by atoms with E-state index in [9.17, 15) is 23.2 Å². The molecule has 3 aliphatic rings. The van der Waals surface area contributed by atoms with E-state index in [4.69, 9.17) is 9.47 Å². The van der Waals surface area contributed by atoms with Crippen LogP contribution >= 0.6 is 0 Å². The molecule has 61 heavy (non-hydrogen) atoms. The number of halogens is 2. The molecule has 0 spiro atoms. The number of nitrogens with one attached hydrogen (secondary N) is 4. The summed E-state index contributed by atoms with van der Waals surface area (Å²) in [6, 6.07) is 22.6. The van der Waals surface area contributed by atoms with E-state index in [2.05, 4.69) is 42.0 Å². The van der Waals surface area contributed by atoms with Crippen LogP contribution in [0, 0.1) is 11.6 Å². The summed E-state index contributed by atoms with van der Waals surface area (Å²) >= 11 is 0. The molecular formula is C46H48F2N8O5. The van der Waals surface area contributed by atoms with E-state index in [0.717, 1.165) is 97.2 Å². The fourth-order valence-corrected chi connectivity index (χ4v) is 8.70. The van der Waals surface area contributed by atoms with Gasteiger partial charge in [0.2, 0.25) is 11.8 Å². The van der Waals surface area contributed by atoms with Gasteiger partial charge in [-0.3, -0.25) is 29.7 Å². The summed E-state index contributed by atoms with van der Waals surface area (Å²) in [4.78, 5) is 43.0. The van der Waals surface area contributed by atoms with Crippen molar-refractivity contribution in [3.8, 4) is 5.75 Å². The minimum Gasteiger partial charge on any atom is -0.493 e. The van der Waals surface area contributed by atoms with Crippen molar-refractivity contribution in [2.75, 3.05) is 68.1 Å². The summed E-state index contributed by atoms with van der Waals surface area (Å²) in [5.74, 6) is -0.912. The Morgan fingerprint density at radius 1 is 0.885 bits per heavy atom. The van der Waals surface area contributed by atoms with Crippen LogP contribution in [0.15, 0.2) is 85.1 Å². The smallest absolute Gasteiger partial charge is 0.258 e. The number of imide groups is 1. The number of piperazine rings is 1. The van der Waals surface area contributed by atoms with Gasteiger partial charge in [-0.1, -0.05) is 12.1 Å². The molecule has 0 bridgehead atoms. The molecule has 6 aromatic rings. The lowest BCUT2D eigenvalue weighted by Crippen LogP contribution is -2.46. The monoisotopic (exact) mass is 830 g/mol. The molecule has 0 aliphatic carbocycles. The van der Waals surface area contributed by atoms with Gasteiger partial charge in [0.05, 0.1) is 23.2 Å². The number of hydrogen-bond donors (Lipinski definition) is 4. The highest BCUT2D eigenvalue weighted by molar-refractivity contribution is 6.11. The van der Waals surface area contributed by atoms with Gasteiger partial charge in [0.25, 0.3) is 5.91 Å². The zero-order chi connectivity index (χ0) is 41.9. The zero-order valence-corrected chi connectivity index (χ0v) is 33.7. The molecular weight excluding hydrogens is 783 g/mol. The number of benzene rings is 4. The van der Waals surface area contributed by atoms with Crippen LogP contribution in [0.2, 0.25) is 0 Å². The number of rotatable bonds is 13. The standard InChI is InChI=1S/C46H48F2N8O5/c47-31-24-30(25-32(48)27-31)23-29-5-8-38-37(26-29)44(53-52-38)51-45(58)35-7-6-34(28-39(35)49-33-12-21-60-22-13-33)55-18-16-54(17-19-55)14-2-20-61-42-4-1-3-40-36(42)11-15-56(40)41-9-10-43(57)50-46(41)59/h1,3-8,11,15,24-28,33,41,49H,2,9-10,12-14,16-23H2,(H,50,57,59)(H2,51,52,53,58). The SMILES string of the molecule is O=C1CCC(n2ccc3c(OCCCN4CCN(c5ccc(C(=O)Nc6n[nH]c7ccc(Cc8cc(F)cc(F)c8)cc67)c(NC6CCOCC6)c5)CC4)cccc32)C(=O)N1. The van der Waals surface area contributed by atoms with Crippen LogP contribution in [0.1, 0.15) is 59.6 Å². The van der Waals surface area contributed by atoms with E-state index in [1.165, 1.54) is 12.1 Å². The zero-order valence-electron chi connectivity index (χ0n) is 33.7. The molecule has 0 radical (unpaired) electrons. The minimum absolute atomic E-state index is 0.160. The Hall–Kier alpha value is -6.32. The second-order valence-electron chi connectivity index (χ2n) is 16.0. The Morgan fingerprint density at radius 3 is 2.51 bits per heavy atom. The molecule has 1 atom stereocenters. The predicted octanol–water partition coefficient (Wildman–Crippen LogP) is 6.80. The largest absolute Gasteiger partial charge is 0.493 e. The van der Waals surface area contributed by atoms with Crippen molar-refractivity contribution in [2.45, 2.75) is 50.6 Å². The second-order valence-corrected chi connectivity index (χ2v) is 16.0. The lowest BCUT2D eigenvalue weighted by Gasteiger charge is -2.36. The molecule has 15 heteroatoms. The molecule has 5 heterocycles. The number of hydrogen-bond acceptors (Lipinski definition) is 9. The summed E-state index contributed by atoms with van der Waals surface area (Å²) in [6.45, 7) is 6.20. The van der Waals surface area contributed by atoms with Gasteiger partial charge in [0.15, 0.2) is 5.82 Å². The molecule has 0 saturated carbocycles. The molecule has 2 aromatic heterocycles. The number of aromatic amines is 1. The Bertz CT molecular complexity index is 2560. The van der Waals surface area contributed by atoms with Gasteiger partial charge in [0, 0.05) is 92.8 Å². The summed E-state index contributed by atoms with van der Waals surface area (Å²) in [7, 11) is 0. The van der Waals surface area contributed by atoms with Crippen LogP contribution in [-0.2, 0) is 20.7 Å². The average molecular weight is 831 g/mol. The molecule has 13 nitrogen and oxygen atoms in total. The normalized spacial score (nSPS) is 17.8. The Labute approximate surface area is 351 Å². The Kier molecular flexibility index (Phi) is 11.7. The van der Waals surface area contributed by atoms with Crippen molar-refractivity contribution in [1.82, 2.24) is 25.0 Å².